The molecule has 39 heavy (non-hydrogen) atoms. The molecule has 0 spiro atoms. The first kappa shape index (κ1) is 25.3. The maximum atomic E-state index is 14.6. The van der Waals surface area contributed by atoms with Gasteiger partial charge in [-0.05, 0) is 62.8 Å². The SMILES string of the molecule is Cc1ccn2c(-c3ccc(Nc4ccc(N5CCO[C@@H](CCN(C)C)C5)cn4)c4c3CNC4=O)cnc2c1F. The molecule has 6 rings (SSSR count). The third kappa shape index (κ3) is 4.81. The smallest absolute Gasteiger partial charge is 0.254 e. The minimum Gasteiger partial charge on any atom is -0.374 e. The lowest BCUT2D eigenvalue weighted by molar-refractivity contribution is 0.0311. The minimum absolute atomic E-state index is 0.154. The van der Waals surface area contributed by atoms with E-state index in [0.29, 0.717) is 35.8 Å². The van der Waals surface area contributed by atoms with Crippen LogP contribution in [0.5, 0.6) is 0 Å². The standard InChI is InChI=1S/C29H32FN7O2/c1-18-8-11-37-24(16-32-28(37)27(18)30)21-5-6-23(26-22(21)15-33-29(26)38)34-25-7-4-19(14-31-25)36-12-13-39-20(17-36)9-10-35(2)3/h4-8,11,14,16,20H,9-10,12-13,15,17H2,1-3H3,(H,31,34)(H,33,38)/t20-/m0/s1. The summed E-state index contributed by atoms with van der Waals surface area (Å²) in [7, 11) is 4.15. The molecular formula is C29H32FN7O2. The predicted molar refractivity (Wildman–Crippen MR) is 149 cm³/mol. The molecule has 1 amide bonds. The highest BCUT2D eigenvalue weighted by atomic mass is 19.1. The van der Waals surface area contributed by atoms with Crippen LogP contribution in [0.2, 0.25) is 0 Å². The second kappa shape index (κ2) is 10.3. The van der Waals surface area contributed by atoms with Gasteiger partial charge in [0.15, 0.2) is 11.5 Å². The molecular weight excluding hydrogens is 497 g/mol. The van der Waals surface area contributed by atoms with E-state index >= 15 is 0 Å². The Labute approximate surface area is 226 Å². The molecule has 2 aliphatic rings. The molecule has 0 saturated carbocycles. The fourth-order valence-corrected chi connectivity index (χ4v) is 5.32. The molecule has 0 unspecified atom stereocenters. The number of benzene rings is 1. The highest BCUT2D eigenvalue weighted by Crippen LogP contribution is 2.36. The highest BCUT2D eigenvalue weighted by Gasteiger charge is 2.28. The average molecular weight is 530 g/mol. The van der Waals surface area contributed by atoms with Crippen molar-refractivity contribution in [3.63, 3.8) is 0 Å². The van der Waals surface area contributed by atoms with Crippen LogP contribution < -0.4 is 15.5 Å². The fourth-order valence-electron chi connectivity index (χ4n) is 5.32. The average Bonchev–Trinajstić information content (AvgIpc) is 3.55. The molecule has 0 aliphatic carbocycles. The van der Waals surface area contributed by atoms with Gasteiger partial charge in [0.05, 0.1) is 47.7 Å². The van der Waals surface area contributed by atoms with E-state index in [2.05, 4.69) is 44.5 Å². The Bertz CT molecular complexity index is 1530. The fraction of sp³-hybridized carbons (Fsp3) is 0.345. The van der Waals surface area contributed by atoms with Crippen molar-refractivity contribution in [2.75, 3.05) is 50.6 Å². The molecule has 1 atom stereocenters. The number of aryl methyl sites for hydroxylation is 1. The number of hydrogen-bond donors (Lipinski definition) is 2. The van der Waals surface area contributed by atoms with Gasteiger partial charge < -0.3 is 25.2 Å². The molecule has 5 heterocycles. The monoisotopic (exact) mass is 529 g/mol. The van der Waals surface area contributed by atoms with Crippen LogP contribution in [0.1, 0.15) is 27.9 Å². The Kier molecular flexibility index (Phi) is 6.66. The summed E-state index contributed by atoms with van der Waals surface area (Å²) < 4.78 is 22.3. The lowest BCUT2D eigenvalue weighted by atomic mass is 9.99. The molecule has 10 heteroatoms. The topological polar surface area (TPSA) is 87.0 Å². The number of nitrogens with one attached hydrogen (secondary N) is 2. The summed E-state index contributed by atoms with van der Waals surface area (Å²) in [6.07, 6.45) is 6.51. The van der Waals surface area contributed by atoms with E-state index in [9.17, 15) is 9.18 Å². The first-order valence-corrected chi connectivity index (χ1v) is 13.2. The predicted octanol–water partition coefficient (Wildman–Crippen LogP) is 3.99. The Morgan fingerprint density at radius 3 is 2.85 bits per heavy atom. The third-order valence-corrected chi connectivity index (χ3v) is 7.47. The van der Waals surface area contributed by atoms with Crippen LogP contribution in [0.3, 0.4) is 0 Å². The van der Waals surface area contributed by atoms with Crippen molar-refractivity contribution in [3.8, 4) is 11.3 Å². The van der Waals surface area contributed by atoms with Gasteiger partial charge in [0.2, 0.25) is 0 Å². The van der Waals surface area contributed by atoms with E-state index in [1.165, 1.54) is 0 Å². The largest absolute Gasteiger partial charge is 0.374 e. The van der Waals surface area contributed by atoms with Gasteiger partial charge in [-0.25, -0.2) is 14.4 Å². The van der Waals surface area contributed by atoms with Crippen molar-refractivity contribution in [2.45, 2.75) is 26.0 Å². The number of hydrogen-bond acceptors (Lipinski definition) is 7. The van der Waals surface area contributed by atoms with Crippen molar-refractivity contribution in [3.05, 3.63) is 71.4 Å². The molecule has 1 fully saturated rings. The van der Waals surface area contributed by atoms with Crippen molar-refractivity contribution in [2.24, 2.45) is 0 Å². The summed E-state index contributed by atoms with van der Waals surface area (Å²) in [5.41, 5.74) is 5.52. The Morgan fingerprint density at radius 2 is 2.05 bits per heavy atom. The van der Waals surface area contributed by atoms with Gasteiger partial charge in [0.1, 0.15) is 5.82 Å². The lowest BCUT2D eigenvalue weighted by Crippen LogP contribution is -2.43. The van der Waals surface area contributed by atoms with E-state index in [0.717, 1.165) is 48.6 Å². The summed E-state index contributed by atoms with van der Waals surface area (Å²) >= 11 is 0. The zero-order valence-corrected chi connectivity index (χ0v) is 22.4. The van der Waals surface area contributed by atoms with Crippen LogP contribution in [0, 0.1) is 12.7 Å². The van der Waals surface area contributed by atoms with Crippen molar-refractivity contribution >= 4 is 28.7 Å². The number of halogens is 1. The maximum Gasteiger partial charge on any atom is 0.254 e. The van der Waals surface area contributed by atoms with Crippen molar-refractivity contribution < 1.29 is 13.9 Å². The summed E-state index contributed by atoms with van der Waals surface area (Å²) in [5, 5.41) is 6.26. The number of ether oxygens (including phenoxy) is 1. The molecule has 1 aromatic carbocycles. The van der Waals surface area contributed by atoms with E-state index in [-0.39, 0.29) is 23.5 Å². The van der Waals surface area contributed by atoms with Gasteiger partial charge in [-0.3, -0.25) is 9.20 Å². The van der Waals surface area contributed by atoms with Crippen LogP contribution in [0.15, 0.2) is 48.9 Å². The first-order valence-electron chi connectivity index (χ1n) is 13.2. The lowest BCUT2D eigenvalue weighted by Gasteiger charge is -2.34. The van der Waals surface area contributed by atoms with Crippen LogP contribution in [-0.4, -0.2) is 71.6 Å². The van der Waals surface area contributed by atoms with Crippen molar-refractivity contribution in [1.82, 2.24) is 24.6 Å². The maximum absolute atomic E-state index is 14.6. The number of morpholine rings is 1. The molecule has 1 saturated heterocycles. The highest BCUT2D eigenvalue weighted by molar-refractivity contribution is 6.06. The molecule has 2 N–H and O–H groups in total. The van der Waals surface area contributed by atoms with E-state index in [1.54, 1.807) is 23.6 Å². The number of carbonyl (C=O) groups excluding carboxylic acids is 1. The number of carbonyl (C=O) groups is 1. The normalized spacial score (nSPS) is 17.1. The van der Waals surface area contributed by atoms with Crippen LogP contribution in [0.25, 0.3) is 16.9 Å². The molecule has 0 bridgehead atoms. The van der Waals surface area contributed by atoms with Crippen molar-refractivity contribution in [1.29, 1.82) is 0 Å². The second-order valence-electron chi connectivity index (χ2n) is 10.4. The molecule has 3 aromatic heterocycles. The molecule has 9 nitrogen and oxygen atoms in total. The molecule has 4 aromatic rings. The summed E-state index contributed by atoms with van der Waals surface area (Å²) in [5.74, 6) is 0.153. The first-order chi connectivity index (χ1) is 18.9. The zero-order chi connectivity index (χ0) is 27.1. The number of imidazole rings is 1. The van der Waals surface area contributed by atoms with Gasteiger partial charge in [-0.1, -0.05) is 6.07 Å². The zero-order valence-electron chi connectivity index (χ0n) is 22.4. The number of anilines is 3. The number of rotatable bonds is 7. The van der Waals surface area contributed by atoms with Gasteiger partial charge in [-0.2, -0.15) is 0 Å². The summed E-state index contributed by atoms with van der Waals surface area (Å²) in [6.45, 7) is 5.46. The van der Waals surface area contributed by atoms with E-state index in [4.69, 9.17) is 4.74 Å². The van der Waals surface area contributed by atoms with E-state index < -0.39 is 0 Å². The van der Waals surface area contributed by atoms with Crippen LogP contribution >= 0.6 is 0 Å². The number of aromatic nitrogens is 3. The molecule has 2 aliphatic heterocycles. The van der Waals surface area contributed by atoms with Gasteiger partial charge in [0.25, 0.3) is 5.91 Å². The molecule has 0 radical (unpaired) electrons. The number of amides is 1. The second-order valence-corrected chi connectivity index (χ2v) is 10.4. The van der Waals surface area contributed by atoms with Gasteiger partial charge >= 0.3 is 0 Å². The van der Waals surface area contributed by atoms with Crippen LogP contribution in [-0.2, 0) is 11.3 Å². The van der Waals surface area contributed by atoms with Crippen LogP contribution in [0.4, 0.5) is 21.6 Å². The van der Waals surface area contributed by atoms with Gasteiger partial charge in [0, 0.05) is 37.9 Å². The van der Waals surface area contributed by atoms with Gasteiger partial charge in [-0.15, -0.1) is 0 Å². The number of nitrogens with zero attached hydrogens (tertiary/aromatic N) is 5. The third-order valence-electron chi connectivity index (χ3n) is 7.47. The number of pyridine rings is 2. The summed E-state index contributed by atoms with van der Waals surface area (Å²) in [4.78, 5) is 26.3. The Balaban J connectivity index is 1.24. The Morgan fingerprint density at radius 1 is 1.18 bits per heavy atom. The number of fused-ring (bicyclic) bond motifs is 2. The van der Waals surface area contributed by atoms with E-state index in [1.807, 2.05) is 36.7 Å². The summed E-state index contributed by atoms with van der Waals surface area (Å²) in [6, 6.07) is 9.52. The quantitative estimate of drug-likeness (QED) is 0.374. The minimum atomic E-state index is -0.344. The molecule has 202 valence electrons. The Hall–Kier alpha value is -4.02.